The molecule has 1 rings (SSSR count). The number of rotatable bonds is 6. The van der Waals surface area contributed by atoms with Gasteiger partial charge in [0.25, 0.3) is 0 Å². The largest absolute Gasteiger partial charge is 0.501 e. The molecule has 1 aliphatic carbocycles. The Morgan fingerprint density at radius 3 is 2.39 bits per heavy atom. The summed E-state index contributed by atoms with van der Waals surface area (Å²) in [5, 5.41) is 0. The Morgan fingerprint density at radius 1 is 1.17 bits per heavy atom. The Morgan fingerprint density at radius 2 is 1.83 bits per heavy atom. The van der Waals surface area contributed by atoms with Crippen LogP contribution in [0.2, 0.25) is 0 Å². The Balaban J connectivity index is 2.92. The van der Waals surface area contributed by atoms with Crippen LogP contribution >= 0.6 is 0 Å². The molecule has 0 saturated carbocycles. The molecule has 0 unspecified atom stereocenters. The van der Waals surface area contributed by atoms with Gasteiger partial charge in [-0.25, -0.2) is 0 Å². The zero-order valence-electron chi connectivity index (χ0n) is 15.1. The summed E-state index contributed by atoms with van der Waals surface area (Å²) in [6.45, 7) is 10.6. The van der Waals surface area contributed by atoms with E-state index in [0.29, 0.717) is 0 Å². The second-order valence-electron chi connectivity index (χ2n) is 6.62. The van der Waals surface area contributed by atoms with E-state index in [0.717, 1.165) is 29.6 Å². The van der Waals surface area contributed by atoms with Gasteiger partial charge >= 0.3 is 0 Å². The molecule has 0 spiro atoms. The molecule has 2 heteroatoms. The summed E-state index contributed by atoms with van der Waals surface area (Å²) in [6.07, 6.45) is 15.7. The molecular weight excluding hydrogens is 284 g/mol. The van der Waals surface area contributed by atoms with Crippen LogP contribution in [-0.4, -0.2) is 13.4 Å². The summed E-state index contributed by atoms with van der Waals surface area (Å²) < 4.78 is 5.42. The van der Waals surface area contributed by atoms with E-state index in [2.05, 4.69) is 45.9 Å². The fraction of sp³-hybridized carbons (Fsp3) is 0.381. The number of hydrogen-bond donors (Lipinski definition) is 0. The maximum Gasteiger partial charge on any atom is 0.143 e. The predicted molar refractivity (Wildman–Crippen MR) is 98.0 cm³/mol. The first-order chi connectivity index (χ1) is 10.8. The minimum Gasteiger partial charge on any atom is -0.501 e. The summed E-state index contributed by atoms with van der Waals surface area (Å²) >= 11 is 0. The van der Waals surface area contributed by atoms with Gasteiger partial charge in [-0.3, -0.25) is 4.79 Å². The lowest BCUT2D eigenvalue weighted by molar-refractivity contribution is -0.104. The normalized spacial score (nSPS) is 19.5. The van der Waals surface area contributed by atoms with E-state index in [9.17, 15) is 4.79 Å². The van der Waals surface area contributed by atoms with Gasteiger partial charge in [-0.2, -0.15) is 0 Å². The minimum atomic E-state index is 0.0695. The van der Waals surface area contributed by atoms with Crippen molar-refractivity contribution in [2.75, 3.05) is 7.11 Å². The molecular formula is C21H28O2. The lowest BCUT2D eigenvalue weighted by atomic mass is 9.74. The Labute approximate surface area is 140 Å². The smallest absolute Gasteiger partial charge is 0.143 e. The van der Waals surface area contributed by atoms with Crippen LogP contribution in [0, 0.1) is 5.41 Å². The molecule has 0 N–H and O–H groups in total. The maximum absolute atomic E-state index is 10.4. The van der Waals surface area contributed by atoms with E-state index >= 15 is 0 Å². The van der Waals surface area contributed by atoms with Gasteiger partial charge in [0.15, 0.2) is 0 Å². The van der Waals surface area contributed by atoms with Gasteiger partial charge in [-0.05, 0) is 55.1 Å². The van der Waals surface area contributed by atoms with Gasteiger partial charge < -0.3 is 4.74 Å². The number of carbonyl (C=O) groups is 1. The van der Waals surface area contributed by atoms with Gasteiger partial charge in [-0.1, -0.05) is 49.8 Å². The number of ether oxygens (including phenoxy) is 1. The fourth-order valence-corrected chi connectivity index (χ4v) is 2.71. The first-order valence-electron chi connectivity index (χ1n) is 7.91. The molecule has 0 aromatic heterocycles. The number of methoxy groups -OCH3 is 1. The Kier molecular flexibility index (Phi) is 7.02. The van der Waals surface area contributed by atoms with Gasteiger partial charge in [0.1, 0.15) is 6.29 Å². The third-order valence-electron chi connectivity index (χ3n) is 3.97. The standard InChI is InChI=1S/C21H28O2/c1-16(8-7-9-17(2)12-13-22)10-11-20-18(3)14-19(23-6)15-21(20,4)5/h7-14H,15H2,1-6H3/b9-7+,11-10+,16-8+,17-12+. The first-order valence-corrected chi connectivity index (χ1v) is 7.91. The van der Waals surface area contributed by atoms with Crippen molar-refractivity contribution >= 4 is 6.29 Å². The van der Waals surface area contributed by atoms with E-state index < -0.39 is 0 Å². The van der Waals surface area contributed by atoms with Crippen molar-refractivity contribution in [3.63, 3.8) is 0 Å². The zero-order valence-corrected chi connectivity index (χ0v) is 15.1. The second kappa shape index (κ2) is 8.52. The molecule has 0 bridgehead atoms. The molecule has 0 aromatic rings. The highest BCUT2D eigenvalue weighted by atomic mass is 16.5. The van der Waals surface area contributed by atoms with E-state index in [1.807, 2.05) is 25.2 Å². The highest BCUT2D eigenvalue weighted by Gasteiger charge is 2.28. The molecule has 0 fully saturated rings. The van der Waals surface area contributed by atoms with Crippen molar-refractivity contribution in [2.24, 2.45) is 5.41 Å². The topological polar surface area (TPSA) is 26.3 Å². The van der Waals surface area contributed by atoms with E-state index in [1.165, 1.54) is 11.1 Å². The van der Waals surface area contributed by atoms with Crippen LogP contribution in [0.1, 0.15) is 41.0 Å². The molecule has 1 aliphatic rings. The molecule has 0 aromatic carbocycles. The summed E-state index contributed by atoms with van der Waals surface area (Å²) in [5.74, 6) is 1.04. The summed E-state index contributed by atoms with van der Waals surface area (Å²) in [4.78, 5) is 10.4. The summed E-state index contributed by atoms with van der Waals surface area (Å²) in [6, 6.07) is 0. The number of hydrogen-bond acceptors (Lipinski definition) is 2. The molecule has 0 aliphatic heterocycles. The van der Waals surface area contributed by atoms with E-state index in [-0.39, 0.29) is 5.41 Å². The average Bonchev–Trinajstić information content (AvgIpc) is 2.45. The number of carbonyl (C=O) groups excluding carboxylic acids is 1. The van der Waals surface area contributed by atoms with Crippen LogP contribution in [-0.2, 0) is 9.53 Å². The molecule has 0 radical (unpaired) electrons. The molecule has 124 valence electrons. The van der Waals surface area contributed by atoms with Crippen molar-refractivity contribution < 1.29 is 9.53 Å². The van der Waals surface area contributed by atoms with Crippen LogP contribution in [0.3, 0.4) is 0 Å². The summed E-state index contributed by atoms with van der Waals surface area (Å²) in [7, 11) is 1.73. The predicted octanol–water partition coefficient (Wildman–Crippen LogP) is 5.47. The molecule has 0 heterocycles. The number of aldehydes is 1. The lowest BCUT2D eigenvalue weighted by Gasteiger charge is -2.32. The molecule has 0 amide bonds. The first kappa shape index (κ1) is 19.0. The zero-order chi connectivity index (χ0) is 17.5. The quantitative estimate of drug-likeness (QED) is 0.369. The third kappa shape index (κ3) is 5.90. The highest BCUT2D eigenvalue weighted by molar-refractivity contribution is 5.66. The minimum absolute atomic E-state index is 0.0695. The van der Waals surface area contributed by atoms with Crippen molar-refractivity contribution in [3.8, 4) is 0 Å². The highest BCUT2D eigenvalue weighted by Crippen LogP contribution is 2.40. The molecule has 0 saturated heterocycles. The van der Waals surface area contributed by atoms with Crippen LogP contribution in [0.5, 0.6) is 0 Å². The van der Waals surface area contributed by atoms with Gasteiger partial charge in [0.05, 0.1) is 12.9 Å². The molecule has 2 nitrogen and oxygen atoms in total. The Hall–Kier alpha value is -2.09. The number of allylic oxidation sites excluding steroid dienone is 12. The van der Waals surface area contributed by atoms with Crippen LogP contribution < -0.4 is 0 Å². The van der Waals surface area contributed by atoms with Crippen molar-refractivity contribution in [1.82, 2.24) is 0 Å². The van der Waals surface area contributed by atoms with Gasteiger partial charge in [-0.15, -0.1) is 0 Å². The molecule has 23 heavy (non-hydrogen) atoms. The van der Waals surface area contributed by atoms with E-state index in [4.69, 9.17) is 4.74 Å². The SMILES string of the molecule is COC1=CC(C)=C(/C=C/C(C)=C/C=C/C(C)=C/C=O)C(C)(C)C1. The third-order valence-corrected chi connectivity index (χ3v) is 3.97. The summed E-state index contributed by atoms with van der Waals surface area (Å²) in [5.41, 5.74) is 4.77. The maximum atomic E-state index is 10.4. The Bertz CT molecular complexity index is 620. The molecule has 0 atom stereocenters. The average molecular weight is 312 g/mol. The monoisotopic (exact) mass is 312 g/mol. The van der Waals surface area contributed by atoms with Crippen LogP contribution in [0.4, 0.5) is 0 Å². The van der Waals surface area contributed by atoms with Gasteiger partial charge in [0, 0.05) is 6.42 Å². The van der Waals surface area contributed by atoms with Crippen molar-refractivity contribution in [2.45, 2.75) is 41.0 Å². The van der Waals surface area contributed by atoms with Crippen LogP contribution in [0.25, 0.3) is 0 Å². The second-order valence-corrected chi connectivity index (χ2v) is 6.62. The van der Waals surface area contributed by atoms with E-state index in [1.54, 1.807) is 13.2 Å². The lowest BCUT2D eigenvalue weighted by Crippen LogP contribution is -2.20. The van der Waals surface area contributed by atoms with Gasteiger partial charge in [0.2, 0.25) is 0 Å². The van der Waals surface area contributed by atoms with Crippen molar-refractivity contribution in [3.05, 3.63) is 70.6 Å². The van der Waals surface area contributed by atoms with Crippen LogP contribution in [0.15, 0.2) is 70.6 Å². The fourth-order valence-electron chi connectivity index (χ4n) is 2.71. The van der Waals surface area contributed by atoms with Crippen molar-refractivity contribution in [1.29, 1.82) is 0 Å².